The first-order valence-electron chi connectivity index (χ1n) is 8.66. The number of furan rings is 1. The normalized spacial score (nSPS) is 13.0. The van der Waals surface area contributed by atoms with Gasteiger partial charge in [0.2, 0.25) is 0 Å². The molecule has 0 spiro atoms. The predicted molar refractivity (Wildman–Crippen MR) is 98.7 cm³/mol. The van der Waals surface area contributed by atoms with Crippen LogP contribution in [-0.4, -0.2) is 44.5 Å². The first kappa shape index (κ1) is 18.7. The number of methoxy groups -OCH3 is 1. The number of ether oxygens (including phenoxy) is 1. The number of aryl methyl sites for hydroxylation is 1. The number of nitrogens with one attached hydrogen (secondary N) is 2. The molecule has 8 heteroatoms. The molecule has 0 saturated carbocycles. The van der Waals surface area contributed by atoms with E-state index in [2.05, 4.69) is 10.6 Å². The number of anilines is 2. The number of nitrogens with zero attached hydrogens (tertiary/aromatic N) is 1. The summed E-state index contributed by atoms with van der Waals surface area (Å²) in [5, 5.41) is 5.02. The number of fused-ring (bicyclic) bond motifs is 1. The molecule has 0 radical (unpaired) electrons. The molecule has 142 valence electrons. The predicted octanol–water partition coefficient (Wildman–Crippen LogP) is 1.57. The van der Waals surface area contributed by atoms with E-state index in [4.69, 9.17) is 9.15 Å². The van der Waals surface area contributed by atoms with Gasteiger partial charge in [0, 0.05) is 31.6 Å². The van der Waals surface area contributed by atoms with Crippen molar-refractivity contribution in [2.75, 3.05) is 37.0 Å². The van der Waals surface area contributed by atoms with E-state index >= 15 is 0 Å². The fourth-order valence-corrected chi connectivity index (χ4v) is 2.93. The molecule has 27 heavy (non-hydrogen) atoms. The molecule has 0 atom stereocenters. The van der Waals surface area contributed by atoms with Crippen molar-refractivity contribution in [2.24, 2.45) is 0 Å². The van der Waals surface area contributed by atoms with E-state index in [0.29, 0.717) is 24.5 Å². The Kier molecular flexibility index (Phi) is 5.87. The Hall–Kier alpha value is -3.13. The third-order valence-electron chi connectivity index (χ3n) is 4.24. The van der Waals surface area contributed by atoms with Gasteiger partial charge in [-0.3, -0.25) is 14.4 Å². The molecule has 1 aliphatic heterocycles. The molecule has 0 fully saturated rings. The Bertz CT molecular complexity index is 832. The Labute approximate surface area is 156 Å². The molecule has 1 aromatic heterocycles. The van der Waals surface area contributed by atoms with E-state index in [1.165, 1.54) is 13.4 Å². The lowest BCUT2D eigenvalue weighted by Gasteiger charge is -2.29. The van der Waals surface area contributed by atoms with Gasteiger partial charge in [0.15, 0.2) is 5.76 Å². The van der Waals surface area contributed by atoms with E-state index in [-0.39, 0.29) is 18.2 Å². The smallest absolute Gasteiger partial charge is 0.313 e. The average Bonchev–Trinajstić information content (AvgIpc) is 3.22. The summed E-state index contributed by atoms with van der Waals surface area (Å²) >= 11 is 0. The number of carbonyl (C=O) groups is 3. The molecule has 1 aliphatic rings. The van der Waals surface area contributed by atoms with Gasteiger partial charge in [-0.05, 0) is 42.7 Å². The molecule has 3 rings (SSSR count). The van der Waals surface area contributed by atoms with E-state index < -0.39 is 11.8 Å². The van der Waals surface area contributed by atoms with Crippen molar-refractivity contribution >= 4 is 29.1 Å². The zero-order valence-corrected chi connectivity index (χ0v) is 15.0. The second-order valence-corrected chi connectivity index (χ2v) is 6.08. The number of hydrogen-bond donors (Lipinski definition) is 2. The largest absolute Gasteiger partial charge is 0.459 e. The Morgan fingerprint density at radius 2 is 2.07 bits per heavy atom. The summed E-state index contributed by atoms with van der Waals surface area (Å²) in [7, 11) is 1.51. The molecule has 0 unspecified atom stereocenters. The molecule has 0 aliphatic carbocycles. The highest BCUT2D eigenvalue weighted by Gasteiger charge is 2.26. The Morgan fingerprint density at radius 1 is 1.22 bits per heavy atom. The van der Waals surface area contributed by atoms with Crippen molar-refractivity contribution in [1.29, 1.82) is 0 Å². The average molecular weight is 371 g/mol. The van der Waals surface area contributed by atoms with E-state index in [1.54, 1.807) is 29.2 Å². The standard InChI is InChI=1S/C19H21N3O5/c1-26-11-8-20-17(23)18(24)21-14-7-6-13-4-2-9-22(15(13)12-14)19(25)16-5-3-10-27-16/h3,5-7,10,12H,2,4,8-9,11H2,1H3,(H,20,23)(H,21,24). The molecule has 2 aromatic rings. The maximum absolute atomic E-state index is 12.7. The molecular weight excluding hydrogens is 350 g/mol. The highest BCUT2D eigenvalue weighted by molar-refractivity contribution is 6.39. The highest BCUT2D eigenvalue weighted by atomic mass is 16.5. The number of carbonyl (C=O) groups excluding carboxylic acids is 3. The summed E-state index contributed by atoms with van der Waals surface area (Å²) in [6.45, 7) is 1.13. The quantitative estimate of drug-likeness (QED) is 0.614. The maximum Gasteiger partial charge on any atom is 0.313 e. The SMILES string of the molecule is COCCNC(=O)C(=O)Nc1ccc2c(c1)N(C(=O)c1ccco1)CCC2. The number of hydrogen-bond acceptors (Lipinski definition) is 5. The van der Waals surface area contributed by atoms with Crippen LogP contribution in [0.4, 0.5) is 11.4 Å². The Morgan fingerprint density at radius 3 is 2.81 bits per heavy atom. The molecule has 8 nitrogen and oxygen atoms in total. The van der Waals surface area contributed by atoms with Crippen LogP contribution in [0.1, 0.15) is 22.5 Å². The van der Waals surface area contributed by atoms with Crippen molar-refractivity contribution in [2.45, 2.75) is 12.8 Å². The van der Waals surface area contributed by atoms with Gasteiger partial charge in [-0.2, -0.15) is 0 Å². The second kappa shape index (κ2) is 8.50. The zero-order chi connectivity index (χ0) is 19.2. The number of amides is 3. The summed E-state index contributed by atoms with van der Waals surface area (Å²) in [5.74, 6) is -1.49. The third-order valence-corrected chi connectivity index (χ3v) is 4.24. The van der Waals surface area contributed by atoms with Gasteiger partial charge in [0.25, 0.3) is 5.91 Å². The minimum absolute atomic E-state index is 0.235. The van der Waals surface area contributed by atoms with Crippen molar-refractivity contribution in [3.8, 4) is 0 Å². The van der Waals surface area contributed by atoms with Crippen LogP contribution < -0.4 is 15.5 Å². The van der Waals surface area contributed by atoms with Gasteiger partial charge < -0.3 is 24.7 Å². The van der Waals surface area contributed by atoms with E-state index in [0.717, 1.165) is 18.4 Å². The van der Waals surface area contributed by atoms with Crippen molar-refractivity contribution in [3.05, 3.63) is 47.9 Å². The monoisotopic (exact) mass is 371 g/mol. The van der Waals surface area contributed by atoms with Gasteiger partial charge in [-0.1, -0.05) is 6.07 Å². The lowest BCUT2D eigenvalue weighted by Crippen LogP contribution is -2.37. The summed E-state index contributed by atoms with van der Waals surface area (Å²) < 4.78 is 10.0. The van der Waals surface area contributed by atoms with Crippen LogP contribution in [0.2, 0.25) is 0 Å². The second-order valence-electron chi connectivity index (χ2n) is 6.08. The van der Waals surface area contributed by atoms with Gasteiger partial charge >= 0.3 is 11.8 Å². The summed E-state index contributed by atoms with van der Waals surface area (Å²) in [6.07, 6.45) is 3.13. The highest BCUT2D eigenvalue weighted by Crippen LogP contribution is 2.31. The molecule has 3 amide bonds. The van der Waals surface area contributed by atoms with Crippen LogP contribution in [0.15, 0.2) is 41.0 Å². The van der Waals surface area contributed by atoms with Gasteiger partial charge in [-0.25, -0.2) is 0 Å². The third kappa shape index (κ3) is 4.35. The minimum atomic E-state index is -0.772. The summed E-state index contributed by atoms with van der Waals surface area (Å²) in [4.78, 5) is 38.1. The summed E-state index contributed by atoms with van der Waals surface area (Å²) in [6, 6.07) is 8.56. The lowest BCUT2D eigenvalue weighted by atomic mass is 10.0. The van der Waals surface area contributed by atoms with Crippen LogP contribution in [0, 0.1) is 0 Å². The van der Waals surface area contributed by atoms with Crippen LogP contribution in [0.5, 0.6) is 0 Å². The molecule has 2 heterocycles. The van der Waals surface area contributed by atoms with Crippen LogP contribution in [0.3, 0.4) is 0 Å². The topological polar surface area (TPSA) is 101 Å². The van der Waals surface area contributed by atoms with Crippen LogP contribution >= 0.6 is 0 Å². The lowest BCUT2D eigenvalue weighted by molar-refractivity contribution is -0.136. The number of rotatable bonds is 5. The Balaban J connectivity index is 1.74. The van der Waals surface area contributed by atoms with E-state index in [1.807, 2.05) is 6.07 Å². The van der Waals surface area contributed by atoms with E-state index in [9.17, 15) is 14.4 Å². The number of benzene rings is 1. The molecule has 0 bridgehead atoms. The van der Waals surface area contributed by atoms with Gasteiger partial charge in [0.05, 0.1) is 12.9 Å². The van der Waals surface area contributed by atoms with Gasteiger partial charge in [-0.15, -0.1) is 0 Å². The molecule has 2 N–H and O–H groups in total. The van der Waals surface area contributed by atoms with Crippen LogP contribution in [-0.2, 0) is 20.7 Å². The molecule has 1 aromatic carbocycles. The van der Waals surface area contributed by atoms with Crippen molar-refractivity contribution in [1.82, 2.24) is 5.32 Å². The minimum Gasteiger partial charge on any atom is -0.459 e. The van der Waals surface area contributed by atoms with Crippen LogP contribution in [0.25, 0.3) is 0 Å². The first-order valence-corrected chi connectivity index (χ1v) is 8.66. The fourth-order valence-electron chi connectivity index (χ4n) is 2.93. The van der Waals surface area contributed by atoms with Crippen molar-refractivity contribution < 1.29 is 23.5 Å². The first-order chi connectivity index (χ1) is 13.1. The molecule has 0 saturated heterocycles. The summed E-state index contributed by atoms with van der Waals surface area (Å²) in [5.41, 5.74) is 2.16. The zero-order valence-electron chi connectivity index (χ0n) is 15.0. The maximum atomic E-state index is 12.7. The fraction of sp³-hybridized carbons (Fsp3) is 0.316. The van der Waals surface area contributed by atoms with Crippen molar-refractivity contribution in [3.63, 3.8) is 0 Å². The molecular formula is C19H21N3O5. The van der Waals surface area contributed by atoms with Gasteiger partial charge in [0.1, 0.15) is 0 Å².